The van der Waals surface area contributed by atoms with Gasteiger partial charge in [0.05, 0.1) is 17.7 Å². The standard InChI is InChI=1S/C23H29N5O3/c1-16-7-8-17(2)28(16)14-11-26-9-12-27(13-10-26)21(29)15-20-23(31)24-19-6-4-3-5-18(19)22(30)25-20/h3-8,20H,9-15H2,1-2H3,(H,24,31)(H,25,30). The minimum absolute atomic E-state index is 0.0344. The topological polar surface area (TPSA) is 86.7 Å². The maximum atomic E-state index is 12.8. The molecule has 8 nitrogen and oxygen atoms in total. The molecule has 0 bridgehead atoms. The third-order valence-corrected chi connectivity index (χ3v) is 6.21. The molecule has 2 aromatic rings. The molecule has 1 saturated heterocycles. The molecule has 3 amide bonds. The molecule has 0 radical (unpaired) electrons. The van der Waals surface area contributed by atoms with Crippen molar-refractivity contribution in [1.29, 1.82) is 0 Å². The Morgan fingerprint density at radius 3 is 2.35 bits per heavy atom. The maximum Gasteiger partial charge on any atom is 0.254 e. The lowest BCUT2D eigenvalue weighted by molar-refractivity contribution is -0.135. The number of hydrogen-bond donors (Lipinski definition) is 2. The largest absolute Gasteiger partial charge is 0.348 e. The molecule has 1 fully saturated rings. The van der Waals surface area contributed by atoms with Crippen LogP contribution in [0.4, 0.5) is 5.69 Å². The van der Waals surface area contributed by atoms with Gasteiger partial charge in [-0.1, -0.05) is 12.1 Å². The number of aryl methyl sites for hydroxylation is 2. The van der Waals surface area contributed by atoms with Gasteiger partial charge in [-0.15, -0.1) is 0 Å². The van der Waals surface area contributed by atoms with Crippen molar-refractivity contribution in [2.75, 3.05) is 38.0 Å². The van der Waals surface area contributed by atoms with Crippen LogP contribution in [0, 0.1) is 13.8 Å². The Kier molecular flexibility index (Phi) is 6.08. The number of fused-ring (bicyclic) bond motifs is 1. The summed E-state index contributed by atoms with van der Waals surface area (Å²) < 4.78 is 2.31. The minimum atomic E-state index is -0.870. The summed E-state index contributed by atoms with van der Waals surface area (Å²) in [5.74, 6) is -0.807. The van der Waals surface area contributed by atoms with Crippen LogP contribution in [-0.4, -0.2) is 70.9 Å². The highest BCUT2D eigenvalue weighted by atomic mass is 16.2. The van der Waals surface area contributed by atoms with Gasteiger partial charge >= 0.3 is 0 Å². The molecule has 1 aromatic heterocycles. The highest BCUT2D eigenvalue weighted by molar-refractivity contribution is 6.10. The number of benzene rings is 1. The zero-order chi connectivity index (χ0) is 22.0. The first kappa shape index (κ1) is 21.1. The Morgan fingerprint density at radius 1 is 0.968 bits per heavy atom. The highest BCUT2D eigenvalue weighted by Crippen LogP contribution is 2.19. The number of hydrogen-bond acceptors (Lipinski definition) is 4. The van der Waals surface area contributed by atoms with E-state index >= 15 is 0 Å². The Hall–Kier alpha value is -3.13. The number of para-hydroxylation sites is 1. The fourth-order valence-electron chi connectivity index (χ4n) is 4.27. The smallest absolute Gasteiger partial charge is 0.254 e. The van der Waals surface area contributed by atoms with Crippen molar-refractivity contribution in [1.82, 2.24) is 19.7 Å². The highest BCUT2D eigenvalue weighted by Gasteiger charge is 2.31. The first-order valence-electron chi connectivity index (χ1n) is 10.8. The lowest BCUT2D eigenvalue weighted by Gasteiger charge is -2.35. The Balaban J connectivity index is 1.28. The molecular weight excluding hydrogens is 394 g/mol. The number of piperazine rings is 1. The molecule has 2 N–H and O–H groups in total. The molecule has 4 rings (SSSR count). The van der Waals surface area contributed by atoms with Crippen molar-refractivity contribution in [3.63, 3.8) is 0 Å². The van der Waals surface area contributed by atoms with Crippen LogP contribution in [0.5, 0.6) is 0 Å². The number of anilines is 1. The van der Waals surface area contributed by atoms with Gasteiger partial charge in [0.15, 0.2) is 0 Å². The summed E-state index contributed by atoms with van der Waals surface area (Å²) in [6, 6.07) is 10.2. The SMILES string of the molecule is Cc1ccc(C)n1CCN1CCN(C(=O)CC2NC(=O)c3ccccc3NC2=O)CC1. The summed E-state index contributed by atoms with van der Waals surface area (Å²) >= 11 is 0. The van der Waals surface area contributed by atoms with Gasteiger partial charge in [0.25, 0.3) is 5.91 Å². The minimum Gasteiger partial charge on any atom is -0.348 e. The van der Waals surface area contributed by atoms with E-state index in [-0.39, 0.29) is 24.1 Å². The number of rotatable bonds is 5. The van der Waals surface area contributed by atoms with Crippen molar-refractivity contribution in [3.05, 3.63) is 53.3 Å². The van der Waals surface area contributed by atoms with Gasteiger partial charge in [0, 0.05) is 50.7 Å². The fourth-order valence-corrected chi connectivity index (χ4v) is 4.27. The summed E-state index contributed by atoms with van der Waals surface area (Å²) in [6.45, 7) is 8.98. The first-order valence-corrected chi connectivity index (χ1v) is 10.8. The summed E-state index contributed by atoms with van der Waals surface area (Å²) in [6.07, 6.45) is -0.0344. The van der Waals surface area contributed by atoms with E-state index in [2.05, 4.69) is 46.1 Å². The Bertz CT molecular complexity index is 971. The molecule has 1 unspecified atom stereocenters. The molecular formula is C23H29N5O3. The maximum absolute atomic E-state index is 12.8. The van der Waals surface area contributed by atoms with Gasteiger partial charge in [-0.3, -0.25) is 19.3 Å². The van der Waals surface area contributed by atoms with E-state index in [4.69, 9.17) is 0 Å². The molecule has 3 heterocycles. The third-order valence-electron chi connectivity index (χ3n) is 6.21. The predicted molar refractivity (Wildman–Crippen MR) is 118 cm³/mol. The van der Waals surface area contributed by atoms with Crippen LogP contribution in [0.15, 0.2) is 36.4 Å². The first-order chi connectivity index (χ1) is 14.9. The molecule has 1 aromatic carbocycles. The third kappa shape index (κ3) is 4.64. The van der Waals surface area contributed by atoms with Crippen LogP contribution < -0.4 is 10.6 Å². The second-order valence-corrected chi connectivity index (χ2v) is 8.26. The van der Waals surface area contributed by atoms with E-state index in [9.17, 15) is 14.4 Å². The van der Waals surface area contributed by atoms with Crippen LogP contribution in [0.2, 0.25) is 0 Å². The summed E-state index contributed by atoms with van der Waals surface area (Å²) in [5.41, 5.74) is 3.41. The fraction of sp³-hybridized carbons (Fsp3) is 0.435. The average Bonchev–Trinajstić information content (AvgIpc) is 3.03. The van der Waals surface area contributed by atoms with Crippen molar-refractivity contribution in [2.24, 2.45) is 0 Å². The molecule has 31 heavy (non-hydrogen) atoms. The number of aromatic nitrogens is 1. The van der Waals surface area contributed by atoms with E-state index in [1.54, 1.807) is 29.2 Å². The predicted octanol–water partition coefficient (Wildman–Crippen LogP) is 1.39. The van der Waals surface area contributed by atoms with Crippen molar-refractivity contribution in [2.45, 2.75) is 32.9 Å². The average molecular weight is 424 g/mol. The van der Waals surface area contributed by atoms with Crippen molar-refractivity contribution in [3.8, 4) is 0 Å². The van der Waals surface area contributed by atoms with Gasteiger partial charge in [-0.05, 0) is 38.1 Å². The molecule has 0 saturated carbocycles. The number of amides is 3. The molecule has 0 spiro atoms. The van der Waals surface area contributed by atoms with Crippen LogP contribution in [0.1, 0.15) is 28.2 Å². The normalized spacial score (nSPS) is 19.4. The molecule has 164 valence electrons. The van der Waals surface area contributed by atoms with Gasteiger partial charge in [0.2, 0.25) is 11.8 Å². The van der Waals surface area contributed by atoms with Gasteiger partial charge in [0.1, 0.15) is 6.04 Å². The lowest BCUT2D eigenvalue weighted by atomic mass is 10.1. The van der Waals surface area contributed by atoms with Crippen LogP contribution in [0.25, 0.3) is 0 Å². The number of carbonyl (C=O) groups is 3. The zero-order valence-electron chi connectivity index (χ0n) is 18.1. The Labute approximate surface area is 182 Å². The molecule has 0 aliphatic carbocycles. The van der Waals surface area contributed by atoms with E-state index < -0.39 is 6.04 Å². The van der Waals surface area contributed by atoms with Crippen LogP contribution in [-0.2, 0) is 16.1 Å². The summed E-state index contributed by atoms with van der Waals surface area (Å²) in [5, 5.41) is 5.45. The summed E-state index contributed by atoms with van der Waals surface area (Å²) in [7, 11) is 0. The summed E-state index contributed by atoms with van der Waals surface area (Å²) in [4.78, 5) is 41.9. The zero-order valence-corrected chi connectivity index (χ0v) is 18.1. The van der Waals surface area contributed by atoms with Gasteiger partial charge < -0.3 is 20.1 Å². The second-order valence-electron chi connectivity index (χ2n) is 8.26. The molecule has 8 heteroatoms. The van der Waals surface area contributed by atoms with Gasteiger partial charge in [-0.25, -0.2) is 0 Å². The quantitative estimate of drug-likeness (QED) is 0.761. The van der Waals surface area contributed by atoms with E-state index in [1.165, 1.54) is 11.4 Å². The van der Waals surface area contributed by atoms with Gasteiger partial charge in [-0.2, -0.15) is 0 Å². The van der Waals surface area contributed by atoms with Crippen LogP contribution in [0.3, 0.4) is 0 Å². The van der Waals surface area contributed by atoms with Crippen molar-refractivity contribution < 1.29 is 14.4 Å². The van der Waals surface area contributed by atoms with E-state index in [0.29, 0.717) is 24.3 Å². The number of nitrogens with one attached hydrogen (secondary N) is 2. The molecule has 2 aliphatic heterocycles. The second kappa shape index (κ2) is 8.93. The molecule has 2 aliphatic rings. The van der Waals surface area contributed by atoms with E-state index in [0.717, 1.165) is 26.2 Å². The Morgan fingerprint density at radius 2 is 1.65 bits per heavy atom. The number of carbonyl (C=O) groups excluding carboxylic acids is 3. The molecule has 1 atom stereocenters. The van der Waals surface area contributed by atoms with E-state index in [1.807, 2.05) is 0 Å². The number of nitrogens with zero attached hydrogens (tertiary/aromatic N) is 3. The lowest BCUT2D eigenvalue weighted by Crippen LogP contribution is -2.51. The monoisotopic (exact) mass is 423 g/mol. The van der Waals surface area contributed by atoms with Crippen LogP contribution >= 0.6 is 0 Å². The van der Waals surface area contributed by atoms with Crippen molar-refractivity contribution >= 4 is 23.4 Å².